The molecule has 0 bridgehead atoms. The minimum Gasteiger partial charge on any atom is -0.378 e. The molecular formula is C20H22N2O2S2. The van der Waals surface area contributed by atoms with Crippen LogP contribution in [0.1, 0.15) is 13.8 Å². The third kappa shape index (κ3) is 4.26. The van der Waals surface area contributed by atoms with E-state index in [2.05, 4.69) is 6.58 Å². The van der Waals surface area contributed by atoms with E-state index >= 15 is 0 Å². The van der Waals surface area contributed by atoms with Crippen LogP contribution < -0.4 is 5.56 Å². The van der Waals surface area contributed by atoms with Gasteiger partial charge < -0.3 is 4.74 Å². The van der Waals surface area contributed by atoms with Gasteiger partial charge in [0, 0.05) is 17.2 Å². The fourth-order valence-electron chi connectivity index (χ4n) is 2.56. The highest BCUT2D eigenvalue weighted by atomic mass is 32.2. The van der Waals surface area contributed by atoms with Crippen molar-refractivity contribution in [2.24, 2.45) is 0 Å². The zero-order valence-electron chi connectivity index (χ0n) is 15.0. The number of aromatic nitrogens is 2. The van der Waals surface area contributed by atoms with E-state index in [-0.39, 0.29) is 11.7 Å². The summed E-state index contributed by atoms with van der Waals surface area (Å²) in [7, 11) is 0. The Kier molecular flexibility index (Phi) is 6.29. The molecule has 1 aromatic carbocycles. The highest BCUT2D eigenvalue weighted by Gasteiger charge is 2.14. The van der Waals surface area contributed by atoms with Crippen LogP contribution in [-0.4, -0.2) is 28.0 Å². The van der Waals surface area contributed by atoms with Crippen molar-refractivity contribution in [3.8, 4) is 10.4 Å². The summed E-state index contributed by atoms with van der Waals surface area (Å²) in [6.45, 7) is 8.88. The fourth-order valence-corrected chi connectivity index (χ4v) is 4.48. The average molecular weight is 387 g/mol. The molecule has 0 aliphatic rings. The Labute approximate surface area is 161 Å². The maximum absolute atomic E-state index is 13.0. The molecule has 0 aliphatic heterocycles. The number of allylic oxidation sites excluding steroid dienone is 1. The Morgan fingerprint density at radius 1 is 1.35 bits per heavy atom. The lowest BCUT2D eigenvalue weighted by atomic mass is 10.2. The molecule has 0 N–H and O–H groups in total. The molecule has 0 radical (unpaired) electrons. The van der Waals surface area contributed by atoms with Gasteiger partial charge in [-0.1, -0.05) is 48.2 Å². The highest BCUT2D eigenvalue weighted by molar-refractivity contribution is 7.99. The molecule has 0 unspecified atom stereocenters. The largest absolute Gasteiger partial charge is 0.378 e. The summed E-state index contributed by atoms with van der Waals surface area (Å²) in [5.74, 6) is 0.754. The number of rotatable bonds is 8. The van der Waals surface area contributed by atoms with Gasteiger partial charge >= 0.3 is 0 Å². The monoisotopic (exact) mass is 386 g/mol. The summed E-state index contributed by atoms with van der Waals surface area (Å²) >= 11 is 3.10. The van der Waals surface area contributed by atoms with Crippen LogP contribution in [0.15, 0.2) is 59.0 Å². The Bertz CT molecular complexity index is 946. The summed E-state index contributed by atoms with van der Waals surface area (Å²) in [5.41, 5.74) is 1.09. The van der Waals surface area contributed by atoms with Crippen LogP contribution in [0.3, 0.4) is 0 Å². The predicted octanol–water partition coefficient (Wildman–Crippen LogP) is 4.83. The molecule has 0 fully saturated rings. The molecule has 0 saturated heterocycles. The zero-order chi connectivity index (χ0) is 18.5. The maximum atomic E-state index is 13.0. The third-order valence-electron chi connectivity index (χ3n) is 3.75. The SMILES string of the molecule is C=CCn1c(SCCOC(C)C)nc2sc(-c3ccccc3)cc2c1=O. The number of nitrogens with zero attached hydrogens (tertiary/aromatic N) is 2. The fraction of sp³-hybridized carbons (Fsp3) is 0.300. The van der Waals surface area contributed by atoms with Gasteiger partial charge in [0.1, 0.15) is 4.83 Å². The van der Waals surface area contributed by atoms with Crippen LogP contribution in [0.5, 0.6) is 0 Å². The number of hydrogen-bond donors (Lipinski definition) is 0. The topological polar surface area (TPSA) is 44.1 Å². The van der Waals surface area contributed by atoms with Crippen LogP contribution in [-0.2, 0) is 11.3 Å². The molecule has 0 amide bonds. The highest BCUT2D eigenvalue weighted by Crippen LogP contribution is 2.32. The van der Waals surface area contributed by atoms with Crippen LogP contribution >= 0.6 is 23.1 Å². The van der Waals surface area contributed by atoms with E-state index in [0.29, 0.717) is 18.5 Å². The van der Waals surface area contributed by atoms with Crippen molar-refractivity contribution in [3.63, 3.8) is 0 Å². The number of thiophene rings is 1. The summed E-state index contributed by atoms with van der Waals surface area (Å²) in [5, 5.41) is 1.38. The Balaban J connectivity index is 1.97. The predicted molar refractivity (Wildman–Crippen MR) is 111 cm³/mol. The number of thioether (sulfide) groups is 1. The van der Waals surface area contributed by atoms with Crippen LogP contribution in [0.4, 0.5) is 0 Å². The smallest absolute Gasteiger partial charge is 0.263 e. The minimum atomic E-state index is -0.0133. The first-order valence-electron chi connectivity index (χ1n) is 8.55. The molecule has 0 saturated carbocycles. The van der Waals surface area contributed by atoms with E-state index in [9.17, 15) is 4.79 Å². The summed E-state index contributed by atoms with van der Waals surface area (Å²) < 4.78 is 7.28. The molecule has 3 aromatic rings. The van der Waals surface area contributed by atoms with Gasteiger partial charge in [0.05, 0.1) is 18.1 Å². The molecule has 2 aromatic heterocycles. The second-order valence-electron chi connectivity index (χ2n) is 6.06. The lowest BCUT2D eigenvalue weighted by Gasteiger charge is -2.11. The number of fused-ring (bicyclic) bond motifs is 1. The molecular weight excluding hydrogens is 364 g/mol. The first-order valence-corrected chi connectivity index (χ1v) is 10.4. The zero-order valence-corrected chi connectivity index (χ0v) is 16.6. The van der Waals surface area contributed by atoms with E-state index in [4.69, 9.17) is 9.72 Å². The molecule has 136 valence electrons. The van der Waals surface area contributed by atoms with Crippen molar-refractivity contribution in [3.05, 3.63) is 59.4 Å². The molecule has 2 heterocycles. The summed E-state index contributed by atoms with van der Waals surface area (Å²) in [6, 6.07) is 12.0. The van der Waals surface area contributed by atoms with E-state index < -0.39 is 0 Å². The van der Waals surface area contributed by atoms with Gasteiger partial charge in [0.15, 0.2) is 5.16 Å². The van der Waals surface area contributed by atoms with Crippen molar-refractivity contribution in [2.45, 2.75) is 31.7 Å². The third-order valence-corrected chi connectivity index (χ3v) is 5.77. The number of hydrogen-bond acceptors (Lipinski definition) is 5. The summed E-state index contributed by atoms with van der Waals surface area (Å²) in [6.07, 6.45) is 1.93. The van der Waals surface area contributed by atoms with Gasteiger partial charge in [-0.2, -0.15) is 0 Å². The first-order chi connectivity index (χ1) is 12.6. The van der Waals surface area contributed by atoms with Gasteiger partial charge in [-0.3, -0.25) is 9.36 Å². The van der Waals surface area contributed by atoms with Crippen LogP contribution in [0.2, 0.25) is 0 Å². The summed E-state index contributed by atoms with van der Waals surface area (Å²) in [4.78, 5) is 19.6. The first kappa shape index (κ1) is 18.9. The van der Waals surface area contributed by atoms with Crippen molar-refractivity contribution in [2.75, 3.05) is 12.4 Å². The maximum Gasteiger partial charge on any atom is 0.263 e. The van der Waals surface area contributed by atoms with Gasteiger partial charge in [0.25, 0.3) is 5.56 Å². The molecule has 26 heavy (non-hydrogen) atoms. The Morgan fingerprint density at radius 2 is 2.12 bits per heavy atom. The molecule has 4 nitrogen and oxygen atoms in total. The second kappa shape index (κ2) is 8.66. The lowest BCUT2D eigenvalue weighted by Crippen LogP contribution is -2.22. The van der Waals surface area contributed by atoms with Crippen molar-refractivity contribution in [1.82, 2.24) is 9.55 Å². The molecule has 6 heteroatoms. The average Bonchev–Trinajstić information content (AvgIpc) is 3.07. The Hall–Kier alpha value is -1.89. The van der Waals surface area contributed by atoms with Crippen molar-refractivity contribution in [1.29, 1.82) is 0 Å². The van der Waals surface area contributed by atoms with E-state index in [1.807, 2.05) is 50.2 Å². The van der Waals surface area contributed by atoms with Gasteiger partial charge in [-0.15, -0.1) is 17.9 Å². The van der Waals surface area contributed by atoms with Crippen molar-refractivity contribution >= 4 is 33.3 Å². The van der Waals surface area contributed by atoms with Gasteiger partial charge in [0.2, 0.25) is 0 Å². The second-order valence-corrected chi connectivity index (χ2v) is 8.16. The van der Waals surface area contributed by atoms with Gasteiger partial charge in [-0.25, -0.2) is 4.98 Å². The van der Waals surface area contributed by atoms with Crippen LogP contribution in [0.25, 0.3) is 20.7 Å². The molecule has 3 rings (SSSR count). The van der Waals surface area contributed by atoms with Crippen molar-refractivity contribution < 1.29 is 4.74 Å². The molecule has 0 spiro atoms. The molecule has 0 aliphatic carbocycles. The van der Waals surface area contributed by atoms with Gasteiger partial charge in [-0.05, 0) is 25.5 Å². The lowest BCUT2D eigenvalue weighted by molar-refractivity contribution is 0.0920. The van der Waals surface area contributed by atoms with E-state index in [1.54, 1.807) is 33.7 Å². The van der Waals surface area contributed by atoms with Crippen LogP contribution in [0, 0.1) is 0 Å². The number of benzene rings is 1. The quantitative estimate of drug-likeness (QED) is 0.241. The molecule has 0 atom stereocenters. The standard InChI is InChI=1S/C20H22N2O2S2/c1-4-10-22-19(23)16-13-17(15-8-6-5-7-9-15)26-18(16)21-20(22)25-12-11-24-14(2)3/h4-9,13-14H,1,10-12H2,2-3H3. The normalized spacial score (nSPS) is 11.3. The number of ether oxygens (including phenoxy) is 1. The van der Waals surface area contributed by atoms with E-state index in [1.165, 1.54) is 0 Å². The minimum absolute atomic E-state index is 0.0133. The van der Waals surface area contributed by atoms with E-state index in [0.717, 1.165) is 26.2 Å². The Morgan fingerprint density at radius 3 is 2.81 bits per heavy atom.